The van der Waals surface area contributed by atoms with Gasteiger partial charge in [0.2, 0.25) is 5.91 Å². The number of carbonyl (C=O) groups excluding carboxylic acids is 1. The summed E-state index contributed by atoms with van der Waals surface area (Å²) in [5, 5.41) is 12.7. The minimum atomic E-state index is 0.0152. The molecule has 1 aliphatic heterocycles. The molecule has 1 amide bonds. The maximum atomic E-state index is 12.5. The molecule has 0 unspecified atom stereocenters. The number of amides is 1. The van der Waals surface area contributed by atoms with Gasteiger partial charge in [0.1, 0.15) is 5.75 Å². The SMILES string of the molecule is COc1ccc(/C=C\C(=O)N2CCN(Cc3nnnn3-c3ccc(Cl)cc3)CC2)cc1. The van der Waals surface area contributed by atoms with E-state index < -0.39 is 0 Å². The van der Waals surface area contributed by atoms with Crippen molar-refractivity contribution in [3.05, 3.63) is 71.0 Å². The first-order valence-corrected chi connectivity index (χ1v) is 10.4. The monoisotopic (exact) mass is 438 g/mol. The Morgan fingerprint density at radius 3 is 2.45 bits per heavy atom. The van der Waals surface area contributed by atoms with Gasteiger partial charge in [-0.25, -0.2) is 0 Å². The Morgan fingerprint density at radius 2 is 1.77 bits per heavy atom. The second-order valence-corrected chi connectivity index (χ2v) is 7.63. The second-order valence-electron chi connectivity index (χ2n) is 7.19. The van der Waals surface area contributed by atoms with Gasteiger partial charge in [-0.15, -0.1) is 5.10 Å². The number of ether oxygens (including phenoxy) is 1. The summed E-state index contributed by atoms with van der Waals surface area (Å²) in [5.74, 6) is 1.56. The number of tetrazole rings is 1. The largest absolute Gasteiger partial charge is 0.497 e. The summed E-state index contributed by atoms with van der Waals surface area (Å²) in [4.78, 5) is 16.6. The molecule has 31 heavy (non-hydrogen) atoms. The molecule has 1 fully saturated rings. The van der Waals surface area contributed by atoms with E-state index in [4.69, 9.17) is 16.3 Å². The van der Waals surface area contributed by atoms with Gasteiger partial charge in [-0.3, -0.25) is 9.69 Å². The van der Waals surface area contributed by atoms with Crippen LogP contribution < -0.4 is 4.74 Å². The van der Waals surface area contributed by atoms with Gasteiger partial charge in [0, 0.05) is 37.3 Å². The molecule has 1 aliphatic rings. The third-order valence-electron chi connectivity index (χ3n) is 5.19. The summed E-state index contributed by atoms with van der Waals surface area (Å²) >= 11 is 5.97. The van der Waals surface area contributed by atoms with Gasteiger partial charge in [0.15, 0.2) is 5.82 Å². The van der Waals surface area contributed by atoms with Crippen LogP contribution in [-0.2, 0) is 11.3 Å². The lowest BCUT2D eigenvalue weighted by molar-refractivity contribution is -0.127. The first kappa shape index (κ1) is 21.0. The number of rotatable bonds is 6. The van der Waals surface area contributed by atoms with E-state index in [0.29, 0.717) is 24.7 Å². The zero-order valence-corrected chi connectivity index (χ0v) is 17.9. The van der Waals surface area contributed by atoms with Crippen LogP contribution in [0.4, 0.5) is 0 Å². The van der Waals surface area contributed by atoms with Crippen molar-refractivity contribution in [1.29, 1.82) is 0 Å². The number of halogens is 1. The summed E-state index contributed by atoms with van der Waals surface area (Å²) < 4.78 is 6.87. The molecule has 9 heteroatoms. The number of hydrogen-bond acceptors (Lipinski definition) is 6. The zero-order chi connectivity index (χ0) is 21.6. The minimum Gasteiger partial charge on any atom is -0.497 e. The number of carbonyl (C=O) groups is 1. The molecule has 160 valence electrons. The molecule has 1 aromatic heterocycles. The molecule has 0 aliphatic carbocycles. The van der Waals surface area contributed by atoms with Gasteiger partial charge in [0.25, 0.3) is 0 Å². The number of nitrogens with zero attached hydrogens (tertiary/aromatic N) is 6. The molecular weight excluding hydrogens is 416 g/mol. The Kier molecular flexibility index (Phi) is 6.59. The number of piperazine rings is 1. The van der Waals surface area contributed by atoms with Crippen LogP contribution in [0.3, 0.4) is 0 Å². The van der Waals surface area contributed by atoms with Crippen LogP contribution in [0.1, 0.15) is 11.4 Å². The lowest BCUT2D eigenvalue weighted by Crippen LogP contribution is -2.48. The average Bonchev–Trinajstić information content (AvgIpc) is 3.27. The normalized spacial score (nSPS) is 14.8. The van der Waals surface area contributed by atoms with Gasteiger partial charge >= 0.3 is 0 Å². The van der Waals surface area contributed by atoms with Crippen molar-refractivity contribution in [2.24, 2.45) is 0 Å². The molecule has 3 aromatic rings. The topological polar surface area (TPSA) is 76.4 Å². The van der Waals surface area contributed by atoms with Crippen molar-refractivity contribution in [3.63, 3.8) is 0 Å². The third-order valence-corrected chi connectivity index (χ3v) is 5.44. The van der Waals surface area contributed by atoms with E-state index in [2.05, 4.69) is 20.4 Å². The van der Waals surface area contributed by atoms with Crippen LogP contribution in [0.2, 0.25) is 5.02 Å². The Hall–Kier alpha value is -3.23. The Bertz CT molecular complexity index is 1040. The first-order chi connectivity index (χ1) is 15.1. The molecule has 0 radical (unpaired) electrons. The predicted octanol–water partition coefficient (Wildman–Crippen LogP) is 2.68. The molecule has 0 saturated carbocycles. The maximum absolute atomic E-state index is 12.5. The van der Waals surface area contributed by atoms with Gasteiger partial charge in [-0.2, -0.15) is 4.68 Å². The molecule has 4 rings (SSSR count). The second kappa shape index (κ2) is 9.72. The molecule has 2 aromatic carbocycles. The van der Waals surface area contributed by atoms with Crippen molar-refractivity contribution >= 4 is 23.6 Å². The number of hydrogen-bond donors (Lipinski definition) is 0. The fraction of sp³-hybridized carbons (Fsp3) is 0.273. The highest BCUT2D eigenvalue weighted by molar-refractivity contribution is 6.30. The highest BCUT2D eigenvalue weighted by Gasteiger charge is 2.21. The zero-order valence-electron chi connectivity index (χ0n) is 17.2. The molecule has 0 atom stereocenters. The molecule has 0 N–H and O–H groups in total. The Labute approximate surface area is 185 Å². The molecule has 0 spiro atoms. The van der Waals surface area contributed by atoms with Crippen molar-refractivity contribution < 1.29 is 9.53 Å². The third kappa shape index (κ3) is 5.28. The van der Waals surface area contributed by atoms with E-state index in [1.165, 1.54) is 0 Å². The van der Waals surface area contributed by atoms with Crippen molar-refractivity contribution in [2.75, 3.05) is 33.3 Å². The summed E-state index contributed by atoms with van der Waals surface area (Å²) in [6, 6.07) is 15.0. The van der Waals surface area contributed by atoms with Crippen LogP contribution in [0.5, 0.6) is 5.75 Å². The van der Waals surface area contributed by atoms with E-state index >= 15 is 0 Å². The van der Waals surface area contributed by atoms with Crippen LogP contribution in [0.15, 0.2) is 54.6 Å². The van der Waals surface area contributed by atoms with E-state index in [1.54, 1.807) is 17.9 Å². The summed E-state index contributed by atoms with van der Waals surface area (Å²) in [6.45, 7) is 3.45. The average molecular weight is 439 g/mol. The quantitative estimate of drug-likeness (QED) is 0.551. The van der Waals surface area contributed by atoms with E-state index in [1.807, 2.05) is 59.5 Å². The Morgan fingerprint density at radius 1 is 1.06 bits per heavy atom. The molecule has 1 saturated heterocycles. The molecule has 2 heterocycles. The van der Waals surface area contributed by atoms with Crippen molar-refractivity contribution in [2.45, 2.75) is 6.54 Å². The number of methoxy groups -OCH3 is 1. The van der Waals surface area contributed by atoms with Gasteiger partial charge in [0.05, 0.1) is 19.3 Å². The number of benzene rings is 2. The van der Waals surface area contributed by atoms with Gasteiger partial charge < -0.3 is 9.64 Å². The molecular formula is C22H23ClN6O2. The summed E-state index contributed by atoms with van der Waals surface area (Å²) in [7, 11) is 1.63. The van der Waals surface area contributed by atoms with E-state index in [-0.39, 0.29) is 5.91 Å². The molecule has 8 nitrogen and oxygen atoms in total. The van der Waals surface area contributed by atoms with E-state index in [9.17, 15) is 4.79 Å². The summed E-state index contributed by atoms with van der Waals surface area (Å²) in [5.41, 5.74) is 1.82. The standard InChI is InChI=1S/C22H23ClN6O2/c1-31-20-9-2-17(3-10-20)4-11-22(30)28-14-12-27(13-15-28)16-21-24-25-26-29(21)19-7-5-18(23)6-8-19/h2-11H,12-16H2,1H3/b11-4-. The first-order valence-electron chi connectivity index (χ1n) is 9.99. The van der Waals surface area contributed by atoms with Crippen molar-refractivity contribution in [1.82, 2.24) is 30.0 Å². The smallest absolute Gasteiger partial charge is 0.246 e. The fourth-order valence-electron chi connectivity index (χ4n) is 3.40. The maximum Gasteiger partial charge on any atom is 0.246 e. The summed E-state index contributed by atoms with van der Waals surface area (Å²) in [6.07, 6.45) is 3.45. The lowest BCUT2D eigenvalue weighted by atomic mass is 10.2. The van der Waals surface area contributed by atoms with Crippen LogP contribution in [0.25, 0.3) is 11.8 Å². The predicted molar refractivity (Wildman–Crippen MR) is 118 cm³/mol. The fourth-order valence-corrected chi connectivity index (χ4v) is 3.53. The van der Waals surface area contributed by atoms with Crippen LogP contribution in [0, 0.1) is 0 Å². The van der Waals surface area contributed by atoms with Crippen LogP contribution in [-0.4, -0.2) is 69.2 Å². The van der Waals surface area contributed by atoms with E-state index in [0.717, 1.165) is 35.9 Å². The highest BCUT2D eigenvalue weighted by Crippen LogP contribution is 2.15. The van der Waals surface area contributed by atoms with Crippen LogP contribution >= 0.6 is 11.6 Å². The molecule has 0 bridgehead atoms. The Balaban J connectivity index is 1.31. The van der Waals surface area contributed by atoms with Gasteiger partial charge in [-0.05, 0) is 58.5 Å². The van der Waals surface area contributed by atoms with Crippen molar-refractivity contribution in [3.8, 4) is 11.4 Å². The number of aromatic nitrogens is 4. The lowest BCUT2D eigenvalue weighted by Gasteiger charge is -2.33. The minimum absolute atomic E-state index is 0.0152. The highest BCUT2D eigenvalue weighted by atomic mass is 35.5. The van der Waals surface area contributed by atoms with Gasteiger partial charge in [-0.1, -0.05) is 23.7 Å².